The fraction of sp³-hybridized carbons (Fsp3) is 0.222. The van der Waals surface area contributed by atoms with Crippen LogP contribution in [0.4, 0.5) is 10.2 Å². The molecule has 0 bridgehead atoms. The van der Waals surface area contributed by atoms with Crippen molar-refractivity contribution in [1.82, 2.24) is 15.1 Å². The summed E-state index contributed by atoms with van der Waals surface area (Å²) in [6.45, 7) is 2.34. The number of anilines is 1. The van der Waals surface area contributed by atoms with Gasteiger partial charge in [0, 0.05) is 59.5 Å². The average molecular weight is 523 g/mol. The summed E-state index contributed by atoms with van der Waals surface area (Å²) < 4.78 is 14.8. The van der Waals surface area contributed by atoms with Crippen molar-refractivity contribution in [3.8, 4) is 28.1 Å². The molecular formula is C27H24ClFN4O2S. The minimum atomic E-state index is -0.568. The Labute approximate surface area is 218 Å². The van der Waals surface area contributed by atoms with Crippen molar-refractivity contribution in [1.29, 1.82) is 0 Å². The molecule has 1 N–H and O–H groups in total. The minimum Gasteiger partial charge on any atom is -0.507 e. The summed E-state index contributed by atoms with van der Waals surface area (Å²) in [6.07, 6.45) is 0.416. The third kappa shape index (κ3) is 4.58. The van der Waals surface area contributed by atoms with E-state index in [1.807, 2.05) is 35.2 Å². The number of hydrogen-bond donors (Lipinski definition) is 2. The molecule has 1 aromatic heterocycles. The number of halogens is 2. The summed E-state index contributed by atoms with van der Waals surface area (Å²) in [5.74, 6) is 0.507. The second kappa shape index (κ2) is 10.3. The molecule has 0 atom stereocenters. The van der Waals surface area contributed by atoms with E-state index in [1.165, 1.54) is 18.2 Å². The largest absolute Gasteiger partial charge is 0.507 e. The number of amides is 1. The highest BCUT2D eigenvalue weighted by Gasteiger charge is 2.25. The number of phenolic OH excluding ortho intramolecular Hbond substituents is 1. The zero-order chi connectivity index (χ0) is 25.2. The topological polar surface area (TPSA) is 69.6 Å². The number of hydrogen-bond acceptors (Lipinski definition) is 6. The highest BCUT2D eigenvalue weighted by Crippen LogP contribution is 2.42. The van der Waals surface area contributed by atoms with Gasteiger partial charge in [-0.2, -0.15) is 12.6 Å². The van der Waals surface area contributed by atoms with E-state index in [4.69, 9.17) is 11.6 Å². The Hall–Kier alpha value is -3.36. The van der Waals surface area contributed by atoms with Crippen molar-refractivity contribution < 1.29 is 14.3 Å². The fourth-order valence-corrected chi connectivity index (χ4v) is 5.04. The molecule has 6 nitrogen and oxygen atoms in total. The van der Waals surface area contributed by atoms with Gasteiger partial charge in [-0.15, -0.1) is 10.2 Å². The van der Waals surface area contributed by atoms with Crippen molar-refractivity contribution in [3.05, 3.63) is 71.5 Å². The van der Waals surface area contributed by atoms with Gasteiger partial charge in [-0.05, 0) is 30.0 Å². The molecule has 1 fully saturated rings. The molecule has 0 radical (unpaired) electrons. The van der Waals surface area contributed by atoms with Gasteiger partial charge in [-0.25, -0.2) is 4.39 Å². The Morgan fingerprint density at radius 3 is 2.44 bits per heavy atom. The van der Waals surface area contributed by atoms with Crippen molar-refractivity contribution in [2.75, 3.05) is 36.8 Å². The molecule has 5 rings (SSSR count). The molecule has 1 aliphatic rings. The molecule has 0 aliphatic carbocycles. The summed E-state index contributed by atoms with van der Waals surface area (Å²) in [5, 5.41) is 21.4. The van der Waals surface area contributed by atoms with Crippen LogP contribution < -0.4 is 4.90 Å². The van der Waals surface area contributed by atoms with Crippen molar-refractivity contribution >= 4 is 46.7 Å². The van der Waals surface area contributed by atoms with Crippen LogP contribution in [0.5, 0.6) is 5.75 Å². The number of fused-ring (bicyclic) bond motifs is 1. The molecular weight excluding hydrogens is 499 g/mol. The lowest BCUT2D eigenvalue weighted by molar-refractivity contribution is -0.131. The first kappa shape index (κ1) is 24.3. The third-order valence-electron chi connectivity index (χ3n) is 6.41. The molecule has 184 valence electrons. The van der Waals surface area contributed by atoms with Gasteiger partial charge in [-0.1, -0.05) is 48.0 Å². The number of benzene rings is 3. The number of rotatable bonds is 5. The maximum Gasteiger partial charge on any atom is 0.223 e. The van der Waals surface area contributed by atoms with Crippen LogP contribution in [0.3, 0.4) is 0 Å². The Morgan fingerprint density at radius 2 is 1.75 bits per heavy atom. The lowest BCUT2D eigenvalue weighted by Crippen LogP contribution is -2.49. The predicted molar refractivity (Wildman–Crippen MR) is 144 cm³/mol. The summed E-state index contributed by atoms with van der Waals surface area (Å²) in [4.78, 5) is 16.2. The first-order valence-corrected chi connectivity index (χ1v) is 12.7. The van der Waals surface area contributed by atoms with Gasteiger partial charge < -0.3 is 14.9 Å². The Bertz CT molecular complexity index is 1410. The van der Waals surface area contributed by atoms with Crippen LogP contribution in [0.15, 0.2) is 60.7 Å². The number of piperazine rings is 1. The summed E-state index contributed by atoms with van der Waals surface area (Å²) in [5.41, 5.74) is 1.90. The summed E-state index contributed by atoms with van der Waals surface area (Å²) >= 11 is 10.8. The van der Waals surface area contributed by atoms with Gasteiger partial charge in [0.05, 0.1) is 5.56 Å². The van der Waals surface area contributed by atoms with E-state index < -0.39 is 5.82 Å². The third-order valence-corrected chi connectivity index (χ3v) is 6.95. The van der Waals surface area contributed by atoms with Crippen molar-refractivity contribution in [2.24, 2.45) is 0 Å². The molecule has 0 unspecified atom stereocenters. The van der Waals surface area contributed by atoms with E-state index in [1.54, 1.807) is 12.1 Å². The van der Waals surface area contributed by atoms with E-state index in [0.717, 1.165) is 16.3 Å². The zero-order valence-electron chi connectivity index (χ0n) is 19.4. The van der Waals surface area contributed by atoms with Crippen LogP contribution in [-0.2, 0) is 4.79 Å². The predicted octanol–water partition coefficient (Wildman–Crippen LogP) is 5.43. The molecule has 1 saturated heterocycles. The second-order valence-electron chi connectivity index (χ2n) is 8.59. The first-order chi connectivity index (χ1) is 17.5. The van der Waals surface area contributed by atoms with Gasteiger partial charge >= 0.3 is 0 Å². The van der Waals surface area contributed by atoms with E-state index in [-0.39, 0.29) is 17.2 Å². The Kier molecular flexibility index (Phi) is 6.98. The lowest BCUT2D eigenvalue weighted by Gasteiger charge is -2.35. The van der Waals surface area contributed by atoms with Crippen LogP contribution >= 0.6 is 24.2 Å². The molecule has 2 heterocycles. The first-order valence-electron chi connectivity index (χ1n) is 11.6. The normalized spacial score (nSPS) is 13.9. The Morgan fingerprint density at radius 1 is 1.00 bits per heavy atom. The number of aromatic nitrogens is 2. The quantitative estimate of drug-likeness (QED) is 0.342. The molecule has 3 aromatic carbocycles. The van der Waals surface area contributed by atoms with Crippen LogP contribution in [0.1, 0.15) is 6.42 Å². The van der Waals surface area contributed by atoms with Crippen LogP contribution in [0.2, 0.25) is 5.02 Å². The van der Waals surface area contributed by atoms with Crippen molar-refractivity contribution in [3.63, 3.8) is 0 Å². The fourth-order valence-electron chi connectivity index (χ4n) is 4.59. The SMILES string of the molecule is O=C(CCS)N1CCN(c2nnc(-c3ccccc3)c3cc(-c4c(O)cccc4F)c(Cl)cc23)CC1. The second-order valence-corrected chi connectivity index (χ2v) is 9.45. The molecule has 0 saturated carbocycles. The van der Waals surface area contributed by atoms with Crippen LogP contribution in [0.25, 0.3) is 33.2 Å². The lowest BCUT2D eigenvalue weighted by atomic mass is 9.97. The average Bonchev–Trinajstić information content (AvgIpc) is 2.89. The molecule has 9 heteroatoms. The molecule has 4 aromatic rings. The highest BCUT2D eigenvalue weighted by molar-refractivity contribution is 7.80. The van der Waals surface area contributed by atoms with Gasteiger partial charge in [-0.3, -0.25) is 4.79 Å². The highest BCUT2D eigenvalue weighted by atomic mass is 35.5. The number of carbonyl (C=O) groups is 1. The van der Waals surface area contributed by atoms with Gasteiger partial charge in [0.1, 0.15) is 17.3 Å². The number of thiol groups is 1. The van der Waals surface area contributed by atoms with Gasteiger partial charge in [0.25, 0.3) is 0 Å². The van der Waals surface area contributed by atoms with Gasteiger partial charge in [0.2, 0.25) is 5.91 Å². The smallest absolute Gasteiger partial charge is 0.223 e. The monoisotopic (exact) mass is 522 g/mol. The molecule has 0 spiro atoms. The standard InChI is InChI=1S/C27H24ClFN4O2S/c28-21-16-19-18(15-20(21)25-22(29)7-4-8-23(25)34)26(17-5-2-1-3-6-17)30-31-27(19)33-12-10-32(11-13-33)24(35)9-14-36/h1-8,15-16,34,36H,9-14H2. The van der Waals surface area contributed by atoms with E-state index >= 15 is 0 Å². The number of phenols is 1. The number of carbonyl (C=O) groups excluding carboxylic acids is 1. The maximum absolute atomic E-state index is 14.8. The molecule has 1 amide bonds. The van der Waals surface area contributed by atoms with E-state index in [0.29, 0.717) is 60.5 Å². The Balaban J connectivity index is 1.63. The van der Waals surface area contributed by atoms with Gasteiger partial charge in [0.15, 0.2) is 5.82 Å². The molecule has 1 aliphatic heterocycles. The number of aromatic hydroxyl groups is 1. The molecule has 36 heavy (non-hydrogen) atoms. The van der Waals surface area contributed by atoms with E-state index in [9.17, 15) is 14.3 Å². The van der Waals surface area contributed by atoms with Crippen LogP contribution in [-0.4, -0.2) is 58.0 Å². The maximum atomic E-state index is 14.8. The van der Waals surface area contributed by atoms with Crippen LogP contribution in [0, 0.1) is 5.82 Å². The number of nitrogens with zero attached hydrogens (tertiary/aromatic N) is 4. The summed E-state index contributed by atoms with van der Waals surface area (Å²) in [7, 11) is 0. The van der Waals surface area contributed by atoms with E-state index in [2.05, 4.69) is 27.7 Å². The van der Waals surface area contributed by atoms with Crippen molar-refractivity contribution in [2.45, 2.75) is 6.42 Å². The summed E-state index contributed by atoms with van der Waals surface area (Å²) in [6, 6.07) is 17.3. The zero-order valence-corrected chi connectivity index (χ0v) is 21.0. The minimum absolute atomic E-state index is 0.0399.